The Bertz CT molecular complexity index is 1430. The number of carbonyl (C=O) groups excluding carboxylic acids is 3. The molecule has 0 spiro atoms. The Hall–Kier alpha value is -3.69. The number of amides is 1. The number of aliphatic hydroxyl groups is 1. The van der Waals surface area contributed by atoms with Gasteiger partial charge in [0.25, 0.3) is 5.78 Å². The summed E-state index contributed by atoms with van der Waals surface area (Å²) < 4.78 is 11.1. The maximum Gasteiger partial charge on any atom is 0.301 e. The first kappa shape index (κ1) is 23.1. The fourth-order valence-electron chi connectivity index (χ4n) is 4.18. The van der Waals surface area contributed by atoms with Crippen LogP contribution in [0.1, 0.15) is 39.5 Å². The third-order valence-corrected chi connectivity index (χ3v) is 7.23. The molecular weight excluding hydrogens is 492 g/mol. The molecule has 35 heavy (non-hydrogen) atoms. The molecule has 1 atom stereocenters. The van der Waals surface area contributed by atoms with Crippen molar-refractivity contribution in [2.24, 2.45) is 0 Å². The number of rotatable bonds is 4. The number of hydrogen-bond acceptors (Lipinski definition) is 8. The van der Waals surface area contributed by atoms with E-state index in [1.807, 2.05) is 0 Å². The largest absolute Gasteiger partial charge is 0.507 e. The number of carbonyl (C=O) groups is 3. The minimum Gasteiger partial charge on any atom is -0.507 e. The SMILES string of the molecule is CC(=O)c1sc(N2C(=O)C(=O)/C(=C(/O)c3ccc4c(c3)OCCO4)[C@H]2c2cccc(Cl)c2)nc1C. The zero-order chi connectivity index (χ0) is 24.9. The van der Waals surface area contributed by atoms with Gasteiger partial charge in [0.2, 0.25) is 0 Å². The van der Waals surface area contributed by atoms with Gasteiger partial charge in [0, 0.05) is 17.5 Å². The Balaban J connectivity index is 1.70. The predicted molar refractivity (Wildman–Crippen MR) is 131 cm³/mol. The van der Waals surface area contributed by atoms with E-state index in [9.17, 15) is 19.5 Å². The number of aromatic nitrogens is 1. The molecule has 2 aromatic carbocycles. The Morgan fingerprint density at radius 3 is 2.57 bits per heavy atom. The second-order valence-corrected chi connectivity index (χ2v) is 9.46. The van der Waals surface area contributed by atoms with Crippen LogP contribution in [0.15, 0.2) is 48.0 Å². The van der Waals surface area contributed by atoms with Crippen molar-refractivity contribution in [1.82, 2.24) is 4.98 Å². The maximum atomic E-state index is 13.3. The summed E-state index contributed by atoms with van der Waals surface area (Å²) in [7, 11) is 0. The van der Waals surface area contributed by atoms with E-state index in [1.165, 1.54) is 11.8 Å². The number of anilines is 1. The molecule has 8 nitrogen and oxygen atoms in total. The number of fused-ring (bicyclic) bond motifs is 1. The molecule has 0 radical (unpaired) electrons. The number of ether oxygens (including phenoxy) is 2. The van der Waals surface area contributed by atoms with Crippen molar-refractivity contribution in [2.75, 3.05) is 18.1 Å². The third-order valence-electron chi connectivity index (χ3n) is 5.74. The second-order valence-electron chi connectivity index (χ2n) is 8.05. The first-order valence-electron chi connectivity index (χ1n) is 10.7. The average molecular weight is 511 g/mol. The molecule has 1 N–H and O–H groups in total. The van der Waals surface area contributed by atoms with Gasteiger partial charge in [-0.05, 0) is 42.8 Å². The van der Waals surface area contributed by atoms with Crippen LogP contribution in [0, 0.1) is 6.92 Å². The van der Waals surface area contributed by atoms with Gasteiger partial charge in [-0.25, -0.2) is 4.98 Å². The van der Waals surface area contributed by atoms with Gasteiger partial charge in [-0.2, -0.15) is 0 Å². The predicted octanol–water partition coefficient (Wildman–Crippen LogP) is 4.71. The Morgan fingerprint density at radius 2 is 1.89 bits per heavy atom. The van der Waals surface area contributed by atoms with Gasteiger partial charge in [-0.1, -0.05) is 35.1 Å². The van der Waals surface area contributed by atoms with Crippen LogP contribution < -0.4 is 14.4 Å². The molecule has 0 saturated carbocycles. The molecule has 3 aromatic rings. The van der Waals surface area contributed by atoms with Crippen molar-refractivity contribution < 1.29 is 29.0 Å². The first-order valence-corrected chi connectivity index (χ1v) is 11.9. The normalized spacial score (nSPS) is 18.7. The van der Waals surface area contributed by atoms with Gasteiger partial charge < -0.3 is 14.6 Å². The lowest BCUT2D eigenvalue weighted by molar-refractivity contribution is -0.132. The zero-order valence-electron chi connectivity index (χ0n) is 18.7. The van der Waals surface area contributed by atoms with Crippen LogP contribution in [0.25, 0.3) is 5.76 Å². The number of aliphatic hydroxyl groups excluding tert-OH is 1. The number of aryl methyl sites for hydroxylation is 1. The molecule has 1 saturated heterocycles. The van der Waals surface area contributed by atoms with Crippen LogP contribution >= 0.6 is 22.9 Å². The number of halogens is 1. The van der Waals surface area contributed by atoms with Crippen molar-refractivity contribution in [2.45, 2.75) is 19.9 Å². The number of thiazole rings is 1. The average Bonchev–Trinajstić information content (AvgIpc) is 3.35. The minimum atomic E-state index is -1.01. The van der Waals surface area contributed by atoms with Gasteiger partial charge in [0.05, 0.1) is 22.2 Å². The van der Waals surface area contributed by atoms with Crippen LogP contribution in [0.4, 0.5) is 5.13 Å². The van der Waals surface area contributed by atoms with Crippen LogP contribution in [-0.2, 0) is 9.59 Å². The van der Waals surface area contributed by atoms with E-state index in [1.54, 1.807) is 49.4 Å². The molecule has 1 aromatic heterocycles. The molecule has 178 valence electrons. The monoisotopic (exact) mass is 510 g/mol. The lowest BCUT2D eigenvalue weighted by Crippen LogP contribution is -2.29. The summed E-state index contributed by atoms with van der Waals surface area (Å²) in [6, 6.07) is 10.5. The van der Waals surface area contributed by atoms with Crippen molar-refractivity contribution >= 4 is 51.3 Å². The van der Waals surface area contributed by atoms with Crippen molar-refractivity contribution in [3.05, 3.63) is 74.8 Å². The summed E-state index contributed by atoms with van der Waals surface area (Å²) >= 11 is 7.25. The molecule has 1 amide bonds. The quantitative estimate of drug-likeness (QED) is 0.234. The Kier molecular flexibility index (Phi) is 5.82. The number of hydrogen-bond donors (Lipinski definition) is 1. The van der Waals surface area contributed by atoms with Gasteiger partial charge in [-0.15, -0.1) is 0 Å². The number of nitrogens with zero attached hydrogens (tertiary/aromatic N) is 2. The fourth-order valence-corrected chi connectivity index (χ4v) is 5.37. The van der Waals surface area contributed by atoms with Gasteiger partial charge >= 0.3 is 5.91 Å². The molecule has 2 aliphatic heterocycles. The molecule has 2 aliphatic rings. The van der Waals surface area contributed by atoms with Crippen LogP contribution in [-0.4, -0.2) is 40.8 Å². The van der Waals surface area contributed by atoms with E-state index in [2.05, 4.69) is 4.98 Å². The minimum absolute atomic E-state index is 0.119. The Labute approximate surface area is 209 Å². The number of ketones is 2. The van der Waals surface area contributed by atoms with Crippen molar-refractivity contribution in [3.8, 4) is 11.5 Å². The second kappa shape index (κ2) is 8.83. The van der Waals surface area contributed by atoms with E-state index in [-0.39, 0.29) is 22.2 Å². The number of benzene rings is 2. The van der Waals surface area contributed by atoms with E-state index in [0.717, 1.165) is 11.3 Å². The van der Waals surface area contributed by atoms with Crippen LogP contribution in [0.2, 0.25) is 5.02 Å². The summed E-state index contributed by atoms with van der Waals surface area (Å²) in [6.45, 7) is 3.84. The lowest BCUT2D eigenvalue weighted by atomic mass is 9.95. The Morgan fingerprint density at radius 1 is 1.14 bits per heavy atom. The van der Waals surface area contributed by atoms with Gasteiger partial charge in [0.15, 0.2) is 22.4 Å². The highest BCUT2D eigenvalue weighted by Gasteiger charge is 2.48. The van der Waals surface area contributed by atoms with E-state index in [0.29, 0.717) is 51.4 Å². The molecule has 0 aliphatic carbocycles. The molecular formula is C25H19ClN2O6S. The standard InChI is InChI=1S/C25H19ClN2O6S/c1-12-23(13(2)29)35-25(27-12)28-20(14-4-3-5-16(26)10-14)19(22(31)24(28)32)21(30)15-6-7-17-18(11-15)34-9-8-33-17/h3-7,10-11,20,30H,8-9H2,1-2H3/b21-19+/t20-/m1/s1. The summed E-state index contributed by atoms with van der Waals surface area (Å²) in [4.78, 5) is 44.6. The fraction of sp³-hybridized carbons (Fsp3) is 0.200. The van der Waals surface area contributed by atoms with Crippen molar-refractivity contribution in [3.63, 3.8) is 0 Å². The van der Waals surface area contributed by atoms with Crippen LogP contribution in [0.3, 0.4) is 0 Å². The van der Waals surface area contributed by atoms with Gasteiger partial charge in [0.1, 0.15) is 19.0 Å². The molecule has 3 heterocycles. The summed E-state index contributed by atoms with van der Waals surface area (Å²) in [5, 5.41) is 11.9. The maximum absolute atomic E-state index is 13.3. The van der Waals surface area contributed by atoms with Gasteiger partial charge in [-0.3, -0.25) is 19.3 Å². The first-order chi connectivity index (χ1) is 16.8. The lowest BCUT2D eigenvalue weighted by Gasteiger charge is -2.23. The molecule has 5 rings (SSSR count). The summed E-state index contributed by atoms with van der Waals surface area (Å²) in [5.74, 6) is -1.35. The van der Waals surface area contributed by atoms with E-state index >= 15 is 0 Å². The highest BCUT2D eigenvalue weighted by atomic mass is 35.5. The molecule has 0 bridgehead atoms. The van der Waals surface area contributed by atoms with E-state index < -0.39 is 17.7 Å². The number of Topliss-reactive ketones (excluding diaryl/α,β-unsaturated/α-hetero) is 2. The highest BCUT2D eigenvalue weighted by molar-refractivity contribution is 7.18. The molecule has 10 heteroatoms. The summed E-state index contributed by atoms with van der Waals surface area (Å²) in [6.07, 6.45) is 0. The topological polar surface area (TPSA) is 106 Å². The van der Waals surface area contributed by atoms with E-state index in [4.69, 9.17) is 21.1 Å². The van der Waals surface area contributed by atoms with Crippen LogP contribution in [0.5, 0.6) is 11.5 Å². The zero-order valence-corrected chi connectivity index (χ0v) is 20.3. The smallest absolute Gasteiger partial charge is 0.301 e. The van der Waals surface area contributed by atoms with Crippen molar-refractivity contribution in [1.29, 1.82) is 0 Å². The highest BCUT2D eigenvalue weighted by Crippen LogP contribution is 2.45. The molecule has 1 fully saturated rings. The summed E-state index contributed by atoms with van der Waals surface area (Å²) in [5.41, 5.74) is 1.13. The third kappa shape index (κ3) is 3.96. The molecule has 0 unspecified atom stereocenters.